The normalized spacial score (nSPS) is 27.2. The number of nitrogens with two attached hydrogens (primary N) is 1. The third-order valence-corrected chi connectivity index (χ3v) is 10.2. The zero-order chi connectivity index (χ0) is 40.6. The van der Waals surface area contributed by atoms with Gasteiger partial charge in [-0.05, 0) is 63.7 Å². The van der Waals surface area contributed by atoms with E-state index in [1.165, 1.54) is 18.9 Å². The minimum Gasteiger partial charge on any atom is -0.460 e. The second-order valence-corrected chi connectivity index (χ2v) is 15.2. The first-order valence-electron chi connectivity index (χ1n) is 19.5. The fourth-order valence-electron chi connectivity index (χ4n) is 7.15. The minimum atomic E-state index is -4.51. The van der Waals surface area contributed by atoms with Crippen LogP contribution in [0.4, 0.5) is 13.2 Å². The lowest BCUT2D eigenvalue weighted by molar-refractivity contribution is -0.160. The molecule has 2 aliphatic rings. The number of amides is 5. The molecule has 310 valence electrons. The molecule has 0 aromatic heterocycles. The lowest BCUT2D eigenvalue weighted by Gasteiger charge is -2.36. The maximum atomic E-state index is 14.5. The van der Waals surface area contributed by atoms with E-state index in [4.69, 9.17) is 10.5 Å². The molecular formula is C37H63F3N6O8. The van der Waals surface area contributed by atoms with E-state index in [9.17, 15) is 47.0 Å². The summed E-state index contributed by atoms with van der Waals surface area (Å²) < 4.78 is 45.8. The Hall–Kier alpha value is -3.47. The van der Waals surface area contributed by atoms with E-state index in [1.807, 2.05) is 20.8 Å². The molecule has 0 unspecified atom stereocenters. The second-order valence-electron chi connectivity index (χ2n) is 15.2. The molecule has 7 N–H and O–H groups in total. The molecule has 5 amide bonds. The Labute approximate surface area is 317 Å². The van der Waals surface area contributed by atoms with Crippen molar-refractivity contribution < 1.29 is 51.8 Å². The molecule has 0 aromatic rings. The van der Waals surface area contributed by atoms with E-state index in [1.54, 1.807) is 0 Å². The number of alkyl halides is 3. The van der Waals surface area contributed by atoms with Crippen LogP contribution in [0.5, 0.6) is 0 Å². The fraction of sp³-hybridized carbons (Fsp3) is 0.838. The van der Waals surface area contributed by atoms with Gasteiger partial charge in [-0.2, -0.15) is 13.2 Å². The molecule has 2 rings (SSSR count). The van der Waals surface area contributed by atoms with Crippen molar-refractivity contribution in [2.75, 3.05) is 20.1 Å². The Balaban J connectivity index is 2.69. The highest BCUT2D eigenvalue weighted by molar-refractivity contribution is 5.96. The van der Waals surface area contributed by atoms with Crippen molar-refractivity contribution in [1.82, 2.24) is 26.2 Å². The highest BCUT2D eigenvalue weighted by Gasteiger charge is 2.41. The number of aliphatic hydroxyl groups is 1. The van der Waals surface area contributed by atoms with Crippen LogP contribution in [0, 0.1) is 17.8 Å². The van der Waals surface area contributed by atoms with Crippen molar-refractivity contribution in [1.29, 1.82) is 0 Å². The lowest BCUT2D eigenvalue weighted by atomic mass is 9.83. The molecule has 1 aliphatic heterocycles. The van der Waals surface area contributed by atoms with Crippen LogP contribution < -0.4 is 27.0 Å². The number of hydrogen-bond donors (Lipinski definition) is 6. The van der Waals surface area contributed by atoms with Gasteiger partial charge in [-0.1, -0.05) is 59.3 Å². The average Bonchev–Trinajstić information content (AvgIpc) is 3.11. The van der Waals surface area contributed by atoms with Crippen molar-refractivity contribution in [3.8, 4) is 0 Å². The monoisotopic (exact) mass is 776 g/mol. The summed E-state index contributed by atoms with van der Waals surface area (Å²) in [7, 11) is 1.38. The zero-order valence-electron chi connectivity index (χ0n) is 32.5. The van der Waals surface area contributed by atoms with Gasteiger partial charge in [-0.25, -0.2) is 0 Å². The molecule has 1 aliphatic carbocycles. The van der Waals surface area contributed by atoms with Crippen LogP contribution in [-0.2, 0) is 33.5 Å². The molecule has 2 fully saturated rings. The number of likely N-dealkylation sites (N-methyl/N-ethyl adjacent to an activating group) is 1. The first-order chi connectivity index (χ1) is 25.4. The third-order valence-electron chi connectivity index (χ3n) is 10.2. The highest BCUT2D eigenvalue weighted by atomic mass is 19.4. The van der Waals surface area contributed by atoms with Gasteiger partial charge in [0.1, 0.15) is 36.8 Å². The van der Waals surface area contributed by atoms with Crippen molar-refractivity contribution in [2.24, 2.45) is 23.5 Å². The smallest absolute Gasteiger partial charge is 0.389 e. The van der Waals surface area contributed by atoms with Crippen LogP contribution in [0.2, 0.25) is 0 Å². The summed E-state index contributed by atoms with van der Waals surface area (Å²) in [4.78, 5) is 83.5. The second kappa shape index (κ2) is 22.8. The van der Waals surface area contributed by atoms with E-state index in [-0.39, 0.29) is 31.1 Å². The molecule has 1 saturated heterocycles. The van der Waals surface area contributed by atoms with Crippen LogP contribution in [-0.4, -0.2) is 108 Å². The maximum Gasteiger partial charge on any atom is 0.389 e. The molecule has 1 saturated carbocycles. The van der Waals surface area contributed by atoms with Crippen molar-refractivity contribution >= 4 is 35.5 Å². The topological polar surface area (TPSA) is 209 Å². The largest absolute Gasteiger partial charge is 0.460 e. The van der Waals surface area contributed by atoms with Crippen LogP contribution in [0.15, 0.2) is 0 Å². The summed E-state index contributed by atoms with van der Waals surface area (Å²) in [5.41, 5.74) is 5.87. The van der Waals surface area contributed by atoms with Crippen molar-refractivity contribution in [3.05, 3.63) is 0 Å². The first kappa shape index (κ1) is 46.7. The van der Waals surface area contributed by atoms with Gasteiger partial charge in [0.05, 0.1) is 12.0 Å². The zero-order valence-corrected chi connectivity index (χ0v) is 32.5. The third kappa shape index (κ3) is 15.3. The Morgan fingerprint density at radius 2 is 1.54 bits per heavy atom. The number of nitrogens with one attached hydrogen (secondary N) is 4. The minimum absolute atomic E-state index is 0.133. The number of carbonyl (C=O) groups is 6. The predicted molar refractivity (Wildman–Crippen MR) is 194 cm³/mol. The van der Waals surface area contributed by atoms with Crippen LogP contribution >= 0.6 is 0 Å². The molecule has 0 bridgehead atoms. The van der Waals surface area contributed by atoms with Crippen LogP contribution in [0.25, 0.3) is 0 Å². The Morgan fingerprint density at radius 3 is 2.11 bits per heavy atom. The van der Waals surface area contributed by atoms with Gasteiger partial charge in [0.25, 0.3) is 0 Å². The Bertz CT molecular complexity index is 1250. The van der Waals surface area contributed by atoms with Crippen molar-refractivity contribution in [2.45, 2.75) is 160 Å². The van der Waals surface area contributed by atoms with Gasteiger partial charge in [-0.3, -0.25) is 28.8 Å². The summed E-state index contributed by atoms with van der Waals surface area (Å²) in [6.45, 7) is 5.75. The molecule has 7 atom stereocenters. The van der Waals surface area contributed by atoms with Gasteiger partial charge in [0, 0.05) is 20.0 Å². The number of halogens is 3. The fourth-order valence-corrected chi connectivity index (χ4v) is 7.15. The number of unbranched alkanes of at least 4 members (excludes halogenated alkanes) is 3. The molecule has 54 heavy (non-hydrogen) atoms. The lowest BCUT2D eigenvalue weighted by Crippen LogP contribution is -2.62. The van der Waals surface area contributed by atoms with Gasteiger partial charge in [0.2, 0.25) is 29.5 Å². The van der Waals surface area contributed by atoms with Gasteiger partial charge >= 0.3 is 12.1 Å². The number of nitrogens with zero attached hydrogens (tertiary/aromatic N) is 1. The number of hydrogen-bond acceptors (Lipinski definition) is 9. The van der Waals surface area contributed by atoms with Gasteiger partial charge in [0.15, 0.2) is 0 Å². The van der Waals surface area contributed by atoms with E-state index >= 15 is 0 Å². The number of rotatable bonds is 13. The summed E-state index contributed by atoms with van der Waals surface area (Å²) in [5.74, 6) is -6.63. The molecule has 1 heterocycles. The molecule has 0 spiro atoms. The summed E-state index contributed by atoms with van der Waals surface area (Å²) in [6.07, 6.45) is -2.24. The summed E-state index contributed by atoms with van der Waals surface area (Å²) in [5, 5.41) is 20.5. The number of ether oxygens (including phenoxy) is 1. The Kier molecular flexibility index (Phi) is 19.7. The molecule has 0 radical (unpaired) electrons. The SMILES string of the molecule is CCCCCC[C@H]1OC(=O)CNC(=O)[C@H]([C@H](C)O)NC(=O)[C@H](CN)NC(=O)[C@H](C2CCCCC2)NC(=O)[C@H](CC(C)C)N(C)C(=O)[C@@H]1CCCC(F)(F)F. The predicted octanol–water partition coefficient (Wildman–Crippen LogP) is 2.59. The molecule has 14 nitrogen and oxygen atoms in total. The Morgan fingerprint density at radius 1 is 0.870 bits per heavy atom. The molecule has 0 aromatic carbocycles. The van der Waals surface area contributed by atoms with Gasteiger partial charge < -0.3 is 41.7 Å². The standard InChI is InChI=1S/C37H63F3N6O8/c1-6-7-8-12-17-28-25(16-13-18-37(38,39)40)36(53)46(5)27(19-22(2)3)33(50)45-31(24-14-10-9-11-15-24)35(52)43-26(20-41)32(49)44-30(23(4)47)34(51)42-21-29(48)54-28/h22-28,30-31,47H,6-21,41H2,1-5H3,(H,42,51)(H,43,52)(H,44,49)(H,45,50)/t23-,25+,26-,27-,28+,30-,31-/m0/s1. The summed E-state index contributed by atoms with van der Waals surface area (Å²) >= 11 is 0. The maximum absolute atomic E-state index is 14.5. The van der Waals surface area contributed by atoms with E-state index in [0.29, 0.717) is 25.7 Å². The van der Waals surface area contributed by atoms with E-state index in [2.05, 4.69) is 21.3 Å². The number of esters is 1. The van der Waals surface area contributed by atoms with Crippen LogP contribution in [0.1, 0.15) is 118 Å². The van der Waals surface area contributed by atoms with Gasteiger partial charge in [-0.15, -0.1) is 0 Å². The number of carbonyl (C=O) groups excluding carboxylic acids is 6. The molecule has 17 heteroatoms. The number of cyclic esters (lactones) is 1. The average molecular weight is 777 g/mol. The summed E-state index contributed by atoms with van der Waals surface area (Å²) in [6, 6.07) is -5.24. The van der Waals surface area contributed by atoms with E-state index in [0.717, 1.165) is 32.1 Å². The molecular weight excluding hydrogens is 713 g/mol. The highest BCUT2D eigenvalue weighted by Crippen LogP contribution is 2.30. The quantitative estimate of drug-likeness (QED) is 0.120. The number of aliphatic hydroxyl groups excluding tert-OH is 1. The van der Waals surface area contributed by atoms with E-state index < -0.39 is 110 Å². The van der Waals surface area contributed by atoms with Crippen LogP contribution in [0.3, 0.4) is 0 Å². The first-order valence-corrected chi connectivity index (χ1v) is 19.5. The van der Waals surface area contributed by atoms with Crippen molar-refractivity contribution in [3.63, 3.8) is 0 Å².